The first-order chi connectivity index (χ1) is 63.7. The summed E-state index contributed by atoms with van der Waals surface area (Å²) in [6, 6.07) is 10.7. The summed E-state index contributed by atoms with van der Waals surface area (Å²) in [7, 11) is 4.48. The SMILES string of the molecule is CO[C@H]1C[C@@H]2CC[C@@H](C)[C@@](O)(O2)C(=O)C(=O)N2CCCC[C@H]2C(=O)O[C@H]([C@H](C)C[C@@H]2CC[C@@H](OC(=O)NCCOCCOCCOCCOCCC(=O)NCCOCCOCCOCCOCCC(=O)N3CCc4cc(Cn5nc(-c6ccc7oc(N)nc7c6)c6c(N)ncnc65)ccc4C3)[C@H](OC)C2)CC(=O)[C@H](C)/C=C(\C)[C@@H](O)[C@@H](OC)C(=O)[C@H](C)C[C@H](C)/C=C/C=C/C=C/1C. The van der Waals surface area contributed by atoms with Crippen molar-refractivity contribution in [3.8, 4) is 11.3 Å². The molecule has 728 valence electrons. The number of rotatable bonds is 40. The van der Waals surface area contributed by atoms with Crippen LogP contribution >= 0.6 is 0 Å². The molecular weight excluding hydrogens is 1710 g/mol. The maximum absolute atomic E-state index is 14.8. The molecule has 0 radical (unpaired) electrons. The number of hydrogen-bond donors (Lipinski definition) is 6. The smallest absolute Gasteiger partial charge is 0.407 e. The predicted octanol–water partition coefficient (Wildman–Crippen LogP) is 8.69. The fourth-order valence-electron chi connectivity index (χ4n) is 17.5. The van der Waals surface area contributed by atoms with Crippen molar-refractivity contribution in [3.63, 3.8) is 0 Å². The fraction of sp³-hybridized carbons (Fsp3) is 0.646. The van der Waals surface area contributed by atoms with E-state index in [9.17, 15) is 48.6 Å². The summed E-state index contributed by atoms with van der Waals surface area (Å²) in [5, 5.41) is 34.9. The highest BCUT2D eigenvalue weighted by atomic mass is 16.6. The van der Waals surface area contributed by atoms with Crippen LogP contribution in [0.2, 0.25) is 0 Å². The van der Waals surface area contributed by atoms with Crippen LogP contribution < -0.4 is 22.1 Å². The number of carbonyl (C=O) groups excluding carboxylic acids is 8. The number of hydrogen-bond acceptors (Lipinski definition) is 31. The third kappa shape index (κ3) is 31.1. The predicted molar refractivity (Wildman–Crippen MR) is 488 cm³/mol. The van der Waals surface area contributed by atoms with Crippen molar-refractivity contribution < 1.29 is 119 Å². The Kier molecular flexibility index (Phi) is 42.5. The van der Waals surface area contributed by atoms with Gasteiger partial charge in [-0.15, -0.1) is 0 Å². The molecule has 2 saturated heterocycles. The number of oxazole rings is 1. The third-order valence-corrected chi connectivity index (χ3v) is 25.2. The summed E-state index contributed by atoms with van der Waals surface area (Å²) in [6.45, 7) is 19.7. The van der Waals surface area contributed by atoms with E-state index in [0.29, 0.717) is 202 Å². The third-order valence-electron chi connectivity index (χ3n) is 25.2. The van der Waals surface area contributed by atoms with Gasteiger partial charge in [-0.05, 0) is 148 Å². The van der Waals surface area contributed by atoms with E-state index in [0.717, 1.165) is 28.7 Å². The van der Waals surface area contributed by atoms with Crippen LogP contribution in [0.15, 0.2) is 94.7 Å². The number of nitrogens with one attached hydrogen (secondary N) is 2. The van der Waals surface area contributed by atoms with Crippen LogP contribution in [0, 0.1) is 35.5 Å². The number of nitrogen functional groups attached to an aromatic ring is 2. The van der Waals surface area contributed by atoms with Gasteiger partial charge in [0.15, 0.2) is 17.0 Å². The second-order valence-corrected chi connectivity index (χ2v) is 35.0. The van der Waals surface area contributed by atoms with Crippen molar-refractivity contribution in [2.45, 2.75) is 212 Å². The highest BCUT2D eigenvalue weighted by molar-refractivity contribution is 6.39. The lowest BCUT2D eigenvalue weighted by molar-refractivity contribution is -0.265. The van der Waals surface area contributed by atoms with Crippen molar-refractivity contribution >= 4 is 81.1 Å². The molecule has 10 rings (SSSR count). The van der Waals surface area contributed by atoms with E-state index < -0.39 is 102 Å². The van der Waals surface area contributed by atoms with Gasteiger partial charge in [0.05, 0.1) is 142 Å². The second kappa shape index (κ2) is 53.6. The molecule has 0 unspecified atom stereocenters. The van der Waals surface area contributed by atoms with Gasteiger partial charge in [-0.3, -0.25) is 28.8 Å². The zero-order valence-electron chi connectivity index (χ0n) is 78.3. The summed E-state index contributed by atoms with van der Waals surface area (Å²) in [5.41, 5.74) is 19.9. The maximum atomic E-state index is 14.8. The Morgan fingerprint density at radius 3 is 2.05 bits per heavy atom. The number of piperidine rings is 1. The van der Waals surface area contributed by atoms with Crippen LogP contribution in [0.1, 0.15) is 155 Å². The van der Waals surface area contributed by atoms with Crippen LogP contribution in [0.25, 0.3) is 33.4 Å². The first kappa shape index (κ1) is 105. The standard InChI is InChI=1S/C96H139N11O25/c1-61-16-12-11-13-17-62(2)79(118-8)56-73-24-19-67(7)96(117,132-73)89(113)92(114)106-32-15-14-18-75(106)93(115)129-80(57-76(108)63(3)51-66(6)87(112)88(120-10)86(111)65(5)50-61)64(4)52-68-21-25-78(81(54-68)119-9)131-95(116)100-31-37-124-41-45-128-48-46-125-42-38-121-34-28-82(109)99-30-36-123-40-44-127-49-47-126-43-39-122-35-29-83(110)105-33-27-70-53-69(20-22-72(70)59-105)58-107-91-84(90(97)101-60-102-91)85(104-107)71-23-26-77-74(55-71)103-94(98)130-77/h11-13,16-17,20,22-23,26,51,53,55,60-61,63-65,67-68,73,75,78-81,87-88,112,117H,14-15,18-19,21,24-25,27-50,52,54,56-59H2,1-10H3,(H2,98,103)(H,99,109)(H,100,116)(H2,97,101,102)/b13-11+,16-12+,62-17+,66-51+/t61-,63-,64-,65-,67-,68+,73+,75+,78-,79+,80+,81-,87-,88+,96-/m1/s1. The Balaban J connectivity index is 0.536. The number of aliphatic hydroxyl groups excluding tert-OH is 1. The molecule has 0 spiro atoms. The van der Waals surface area contributed by atoms with Crippen LogP contribution in [-0.2, 0) is 119 Å². The van der Waals surface area contributed by atoms with Gasteiger partial charge in [0.1, 0.15) is 59.6 Å². The number of alkyl carbamates (subject to hydrolysis) is 1. The number of nitrogens with two attached hydrogens (primary N) is 2. The molecule has 8 N–H and O–H groups in total. The minimum absolute atomic E-state index is 0.0224. The largest absolute Gasteiger partial charge is 0.460 e. The number of ether oxygens (including phenoxy) is 14. The first-order valence-corrected chi connectivity index (χ1v) is 46.5. The summed E-state index contributed by atoms with van der Waals surface area (Å²) in [4.78, 5) is 127. The second-order valence-electron chi connectivity index (χ2n) is 35.0. The van der Waals surface area contributed by atoms with Crippen molar-refractivity contribution in [2.24, 2.45) is 35.5 Å². The average molecular weight is 1850 g/mol. The Hall–Kier alpha value is -9.38. The highest BCUT2D eigenvalue weighted by Crippen LogP contribution is 2.40. The lowest BCUT2D eigenvalue weighted by Crippen LogP contribution is -2.61. The van der Waals surface area contributed by atoms with E-state index in [4.69, 9.17) is 87.3 Å². The van der Waals surface area contributed by atoms with E-state index in [1.807, 2.05) is 78.9 Å². The molecule has 1 saturated carbocycles. The summed E-state index contributed by atoms with van der Waals surface area (Å²) in [6.07, 6.45) is 11.8. The van der Waals surface area contributed by atoms with E-state index >= 15 is 0 Å². The molecule has 3 fully saturated rings. The average Bonchev–Trinajstić information content (AvgIpc) is 1.19. The quantitative estimate of drug-likeness (QED) is 0.00923. The molecule has 7 heterocycles. The van der Waals surface area contributed by atoms with E-state index in [1.54, 1.807) is 54.1 Å². The van der Waals surface area contributed by atoms with Crippen molar-refractivity contribution in [3.05, 3.63) is 107 Å². The number of benzene rings is 2. The van der Waals surface area contributed by atoms with Gasteiger partial charge >= 0.3 is 12.1 Å². The monoisotopic (exact) mass is 1850 g/mol. The summed E-state index contributed by atoms with van der Waals surface area (Å²) < 4.78 is 88.1. The maximum Gasteiger partial charge on any atom is 0.407 e. The fourth-order valence-corrected chi connectivity index (χ4v) is 17.5. The van der Waals surface area contributed by atoms with E-state index in [1.165, 1.54) is 23.9 Å². The number of aromatic nitrogens is 5. The van der Waals surface area contributed by atoms with Crippen LogP contribution in [0.5, 0.6) is 0 Å². The molecule has 132 heavy (non-hydrogen) atoms. The molecule has 36 nitrogen and oxygen atoms in total. The van der Waals surface area contributed by atoms with E-state index in [2.05, 4.69) is 37.7 Å². The topological polar surface area (TPSA) is 458 Å². The van der Waals surface area contributed by atoms with Gasteiger partial charge in [0.2, 0.25) is 17.6 Å². The highest BCUT2D eigenvalue weighted by Gasteiger charge is 2.53. The molecule has 36 heteroatoms. The molecule has 2 bridgehead atoms. The number of aliphatic hydroxyl groups is 2. The molecule has 2 aromatic carbocycles. The molecule has 5 aliphatic rings. The van der Waals surface area contributed by atoms with Gasteiger partial charge in [-0.2, -0.15) is 10.1 Å². The Morgan fingerprint density at radius 1 is 0.689 bits per heavy atom. The summed E-state index contributed by atoms with van der Waals surface area (Å²) in [5.74, 6) is -8.53. The minimum Gasteiger partial charge on any atom is -0.460 e. The number of amides is 4. The Morgan fingerprint density at radius 2 is 1.36 bits per heavy atom. The van der Waals surface area contributed by atoms with Crippen LogP contribution in [0.4, 0.5) is 16.6 Å². The molecule has 1 aliphatic carbocycles. The molecule has 4 aliphatic heterocycles. The molecule has 5 aromatic rings. The normalized spacial score (nSPS) is 26.4. The number of methoxy groups -OCH3 is 3. The Labute approximate surface area is 772 Å². The van der Waals surface area contributed by atoms with Gasteiger partial charge in [-0.25, -0.2) is 24.2 Å². The van der Waals surface area contributed by atoms with Gasteiger partial charge in [0.25, 0.3) is 17.7 Å². The number of cyclic esters (lactones) is 1. The minimum atomic E-state index is -2.49. The lowest BCUT2D eigenvalue weighted by Gasteiger charge is -2.42. The van der Waals surface area contributed by atoms with Crippen molar-refractivity contribution in [1.29, 1.82) is 0 Å². The van der Waals surface area contributed by atoms with Crippen LogP contribution in [-0.4, -0.2) is 300 Å². The number of nitrogens with zero attached hydrogens (tertiary/aromatic N) is 7. The molecule has 15 atom stereocenters. The van der Waals surface area contributed by atoms with Gasteiger partial charge < -0.3 is 113 Å². The number of carbonyl (C=O) groups is 8. The number of esters is 1. The number of ketones is 3. The lowest BCUT2D eigenvalue weighted by atomic mass is 9.78. The van der Waals surface area contributed by atoms with Gasteiger partial charge in [0, 0.05) is 96.6 Å². The van der Waals surface area contributed by atoms with Gasteiger partial charge in [-0.1, -0.05) is 89.3 Å². The van der Waals surface area contributed by atoms with E-state index in [-0.39, 0.29) is 113 Å². The zero-order chi connectivity index (χ0) is 94.6. The molecule has 4 amide bonds. The number of fused-ring (bicyclic) bond motifs is 6. The zero-order valence-corrected chi connectivity index (χ0v) is 78.3. The molecule has 3 aromatic heterocycles. The first-order valence-electron chi connectivity index (χ1n) is 46.5. The number of allylic oxidation sites excluding steroid dienone is 6. The number of anilines is 2. The van der Waals surface area contributed by atoms with Crippen molar-refractivity contribution in [2.75, 3.05) is 165 Å². The van der Waals surface area contributed by atoms with Crippen LogP contribution in [0.3, 0.4) is 0 Å². The van der Waals surface area contributed by atoms with Crippen molar-refractivity contribution in [1.82, 2.24) is 45.2 Å². The number of Topliss-reactive ketones (excluding diaryl/α,β-unsaturated/α-hetero) is 3. The Bertz CT molecular complexity index is 4690. The molecular formula is C96H139N11O25. The summed E-state index contributed by atoms with van der Waals surface area (Å²) >= 11 is 0.